The Morgan fingerprint density at radius 3 is 2.48 bits per heavy atom. The second-order valence-corrected chi connectivity index (χ2v) is 6.84. The van der Waals surface area contributed by atoms with Gasteiger partial charge in [0.2, 0.25) is 0 Å². The van der Waals surface area contributed by atoms with Crippen molar-refractivity contribution in [1.82, 2.24) is 10.2 Å². The lowest BCUT2D eigenvalue weighted by Gasteiger charge is -2.29. The molecule has 2 amide bonds. The van der Waals surface area contributed by atoms with Gasteiger partial charge in [-0.15, -0.1) is 0 Å². The maximum absolute atomic E-state index is 12.2. The number of aliphatic carboxylic acids is 1. The molecule has 120 valence electrons. The number of carboxylic acids is 1. The predicted octanol–water partition coefficient (Wildman–Crippen LogP) is 1.70. The van der Waals surface area contributed by atoms with Gasteiger partial charge in [0.25, 0.3) is 0 Å². The number of ether oxygens (including phenoxy) is 1. The van der Waals surface area contributed by atoms with Crippen LogP contribution in [0.4, 0.5) is 4.79 Å². The highest BCUT2D eigenvalue weighted by Crippen LogP contribution is 2.38. The fraction of sp³-hybridized carbons (Fsp3) is 0.867. The molecule has 2 aliphatic rings. The van der Waals surface area contributed by atoms with Crippen molar-refractivity contribution in [1.29, 1.82) is 0 Å². The van der Waals surface area contributed by atoms with Gasteiger partial charge in [-0.25, -0.2) is 4.79 Å². The number of methoxy groups -OCH3 is 1. The molecule has 0 radical (unpaired) electrons. The third-order valence-electron chi connectivity index (χ3n) is 5.01. The van der Waals surface area contributed by atoms with Crippen molar-refractivity contribution in [2.75, 3.05) is 33.4 Å². The first-order valence-electron chi connectivity index (χ1n) is 7.66. The van der Waals surface area contributed by atoms with Gasteiger partial charge in [0.15, 0.2) is 0 Å². The number of rotatable bonds is 5. The van der Waals surface area contributed by atoms with Crippen LogP contribution in [0, 0.1) is 10.8 Å². The zero-order chi connectivity index (χ0) is 15.5. The Labute approximate surface area is 125 Å². The van der Waals surface area contributed by atoms with Crippen molar-refractivity contribution < 1.29 is 19.4 Å². The van der Waals surface area contributed by atoms with E-state index in [0.717, 1.165) is 12.8 Å². The Kier molecular flexibility index (Phi) is 4.76. The predicted molar refractivity (Wildman–Crippen MR) is 78.1 cm³/mol. The lowest BCUT2D eigenvalue weighted by molar-refractivity contribution is -0.147. The number of likely N-dealkylation sites (tertiary alicyclic amines) is 1. The molecule has 1 saturated heterocycles. The summed E-state index contributed by atoms with van der Waals surface area (Å²) in [5, 5.41) is 12.2. The van der Waals surface area contributed by atoms with Crippen LogP contribution in [0.15, 0.2) is 0 Å². The molecule has 1 unspecified atom stereocenters. The van der Waals surface area contributed by atoms with Crippen LogP contribution in [-0.4, -0.2) is 55.4 Å². The van der Waals surface area contributed by atoms with Gasteiger partial charge in [-0.05, 0) is 26.2 Å². The smallest absolute Gasteiger partial charge is 0.317 e. The van der Waals surface area contributed by atoms with Gasteiger partial charge in [-0.2, -0.15) is 0 Å². The molecule has 0 spiro atoms. The molecule has 0 aromatic carbocycles. The van der Waals surface area contributed by atoms with Crippen LogP contribution in [-0.2, 0) is 9.53 Å². The average molecular weight is 298 g/mol. The highest BCUT2D eigenvalue weighted by Gasteiger charge is 2.42. The molecule has 6 heteroatoms. The van der Waals surface area contributed by atoms with E-state index < -0.39 is 11.4 Å². The molecule has 1 aliphatic carbocycles. The van der Waals surface area contributed by atoms with Gasteiger partial charge in [-0.3, -0.25) is 4.79 Å². The minimum atomic E-state index is -0.829. The standard InChI is InChI=1S/C15H26N2O4/c1-14(12(18)19)7-8-17(10-14)13(20)16-9-15(11-21-2)5-3-4-6-15/h3-11H2,1-2H3,(H,16,20)(H,18,19). The number of nitrogens with one attached hydrogen (secondary N) is 1. The second-order valence-electron chi connectivity index (χ2n) is 6.84. The molecule has 0 aromatic heterocycles. The topological polar surface area (TPSA) is 78.9 Å². The molecule has 21 heavy (non-hydrogen) atoms. The van der Waals surface area contributed by atoms with Gasteiger partial charge < -0.3 is 20.1 Å². The van der Waals surface area contributed by atoms with Crippen LogP contribution in [0.2, 0.25) is 0 Å². The van der Waals surface area contributed by atoms with Crippen LogP contribution < -0.4 is 5.32 Å². The summed E-state index contributed by atoms with van der Waals surface area (Å²) in [6.07, 6.45) is 5.03. The molecule has 2 rings (SSSR count). The van der Waals surface area contributed by atoms with Gasteiger partial charge in [0.1, 0.15) is 0 Å². The summed E-state index contributed by atoms with van der Waals surface area (Å²) in [5.74, 6) is -0.829. The van der Waals surface area contributed by atoms with Crippen molar-refractivity contribution in [3.63, 3.8) is 0 Å². The molecular weight excluding hydrogens is 272 g/mol. The van der Waals surface area contributed by atoms with Gasteiger partial charge >= 0.3 is 12.0 Å². The summed E-state index contributed by atoms with van der Waals surface area (Å²) in [5.41, 5.74) is -0.755. The summed E-state index contributed by atoms with van der Waals surface area (Å²) >= 11 is 0. The number of carboxylic acid groups (broad SMARTS) is 1. The normalized spacial score (nSPS) is 27.8. The summed E-state index contributed by atoms with van der Waals surface area (Å²) in [6.45, 7) is 3.77. The number of carbonyl (C=O) groups excluding carboxylic acids is 1. The van der Waals surface area contributed by atoms with E-state index in [-0.39, 0.29) is 18.0 Å². The first-order chi connectivity index (χ1) is 9.91. The van der Waals surface area contributed by atoms with Gasteiger partial charge in [-0.1, -0.05) is 12.8 Å². The molecule has 1 atom stereocenters. The fourth-order valence-electron chi connectivity index (χ4n) is 3.49. The van der Waals surface area contributed by atoms with E-state index in [1.165, 1.54) is 12.8 Å². The van der Waals surface area contributed by atoms with Gasteiger partial charge in [0, 0.05) is 32.2 Å². The van der Waals surface area contributed by atoms with E-state index in [0.29, 0.717) is 26.1 Å². The Hall–Kier alpha value is -1.30. The van der Waals surface area contributed by atoms with E-state index in [1.807, 2.05) is 0 Å². The largest absolute Gasteiger partial charge is 0.481 e. The van der Waals surface area contributed by atoms with E-state index >= 15 is 0 Å². The summed E-state index contributed by atoms with van der Waals surface area (Å²) in [6, 6.07) is -0.151. The van der Waals surface area contributed by atoms with Crippen LogP contribution in [0.25, 0.3) is 0 Å². The van der Waals surface area contributed by atoms with E-state index in [1.54, 1.807) is 18.9 Å². The minimum Gasteiger partial charge on any atom is -0.481 e. The Morgan fingerprint density at radius 2 is 1.95 bits per heavy atom. The number of amides is 2. The Morgan fingerprint density at radius 1 is 1.29 bits per heavy atom. The Bertz CT molecular complexity index is 406. The first-order valence-corrected chi connectivity index (χ1v) is 7.66. The molecule has 0 bridgehead atoms. The molecule has 2 fully saturated rings. The SMILES string of the molecule is COCC1(CNC(=O)N2CCC(C)(C(=O)O)C2)CCCC1. The molecular formula is C15H26N2O4. The molecule has 2 N–H and O–H groups in total. The number of hydrogen-bond acceptors (Lipinski definition) is 3. The first kappa shape index (κ1) is 16.1. The zero-order valence-electron chi connectivity index (χ0n) is 13.0. The van der Waals surface area contributed by atoms with Crippen LogP contribution in [0.3, 0.4) is 0 Å². The summed E-state index contributed by atoms with van der Waals surface area (Å²) in [4.78, 5) is 25.1. The molecule has 1 heterocycles. The fourth-order valence-corrected chi connectivity index (χ4v) is 3.49. The lowest BCUT2D eigenvalue weighted by Crippen LogP contribution is -2.45. The van der Waals surface area contributed by atoms with Crippen molar-refractivity contribution in [3.8, 4) is 0 Å². The van der Waals surface area contributed by atoms with E-state index in [4.69, 9.17) is 4.74 Å². The third kappa shape index (κ3) is 3.48. The van der Waals surface area contributed by atoms with Crippen molar-refractivity contribution in [2.45, 2.75) is 39.0 Å². The molecule has 6 nitrogen and oxygen atoms in total. The van der Waals surface area contributed by atoms with E-state index in [9.17, 15) is 14.7 Å². The number of hydrogen-bond donors (Lipinski definition) is 2. The van der Waals surface area contributed by atoms with Crippen molar-refractivity contribution in [2.24, 2.45) is 10.8 Å². The lowest BCUT2D eigenvalue weighted by atomic mass is 9.87. The second kappa shape index (κ2) is 6.22. The quantitative estimate of drug-likeness (QED) is 0.809. The maximum Gasteiger partial charge on any atom is 0.317 e. The monoisotopic (exact) mass is 298 g/mol. The van der Waals surface area contributed by atoms with Gasteiger partial charge in [0.05, 0.1) is 12.0 Å². The van der Waals surface area contributed by atoms with Crippen molar-refractivity contribution >= 4 is 12.0 Å². The molecule has 1 saturated carbocycles. The average Bonchev–Trinajstić information content (AvgIpc) is 3.05. The number of carbonyl (C=O) groups is 2. The number of urea groups is 1. The molecule has 0 aromatic rings. The highest BCUT2D eigenvalue weighted by atomic mass is 16.5. The zero-order valence-corrected chi connectivity index (χ0v) is 13.0. The van der Waals surface area contributed by atoms with Crippen molar-refractivity contribution in [3.05, 3.63) is 0 Å². The maximum atomic E-state index is 12.2. The van der Waals surface area contributed by atoms with Crippen LogP contribution >= 0.6 is 0 Å². The van der Waals surface area contributed by atoms with Crippen LogP contribution in [0.1, 0.15) is 39.0 Å². The van der Waals surface area contributed by atoms with E-state index in [2.05, 4.69) is 5.32 Å². The van der Waals surface area contributed by atoms with Crippen LogP contribution in [0.5, 0.6) is 0 Å². The Balaban J connectivity index is 1.86. The summed E-state index contributed by atoms with van der Waals surface area (Å²) in [7, 11) is 1.70. The third-order valence-corrected chi connectivity index (χ3v) is 5.01. The minimum absolute atomic E-state index is 0.0558. The highest BCUT2D eigenvalue weighted by molar-refractivity contribution is 5.79. The number of nitrogens with zero attached hydrogens (tertiary/aromatic N) is 1. The summed E-state index contributed by atoms with van der Waals surface area (Å²) < 4.78 is 5.31. The molecule has 1 aliphatic heterocycles.